The van der Waals surface area contributed by atoms with Gasteiger partial charge in [-0.3, -0.25) is 14.4 Å². The first-order valence-corrected chi connectivity index (χ1v) is 12.7. The molecule has 3 saturated heterocycles. The summed E-state index contributed by atoms with van der Waals surface area (Å²) in [7, 11) is 0. The lowest BCUT2D eigenvalue weighted by Gasteiger charge is -2.38. The van der Waals surface area contributed by atoms with E-state index in [2.05, 4.69) is 13.2 Å². The summed E-state index contributed by atoms with van der Waals surface area (Å²) in [6.07, 6.45) is 5.40. The molecule has 2 unspecified atom stereocenters. The Morgan fingerprint density at radius 1 is 1.31 bits per heavy atom. The molecule has 8 nitrogen and oxygen atoms in total. The molecule has 8 heteroatoms. The van der Waals surface area contributed by atoms with Gasteiger partial charge in [-0.15, -0.1) is 13.2 Å². The van der Waals surface area contributed by atoms with E-state index in [9.17, 15) is 19.5 Å². The van der Waals surface area contributed by atoms with Crippen LogP contribution in [0.25, 0.3) is 0 Å². The minimum Gasteiger partial charge on any atom is -0.465 e. The standard InChI is InChI=1S/C28H36N2O6/c1-4-6-10-16-35-27(34)22-21-13-14-28(36-21)23(22)25(32)30(19(3)18-31)24(28)26(33)29(15-5-2)17-20-11-8-7-9-12-20/h4-5,7-9,11-12,19,21-24,31H,1-2,6,10,13-18H2,3H3/t19-,21-,22+,23+,24?,28?/m1/s1. The van der Waals surface area contributed by atoms with Crippen molar-refractivity contribution < 1.29 is 29.0 Å². The van der Waals surface area contributed by atoms with Gasteiger partial charge in [0.2, 0.25) is 11.8 Å². The molecule has 6 atom stereocenters. The van der Waals surface area contributed by atoms with Crippen molar-refractivity contribution in [2.45, 2.75) is 62.9 Å². The maximum atomic E-state index is 14.2. The predicted molar refractivity (Wildman–Crippen MR) is 133 cm³/mol. The Balaban J connectivity index is 1.66. The molecule has 2 amide bonds. The zero-order valence-electron chi connectivity index (χ0n) is 20.9. The first-order valence-electron chi connectivity index (χ1n) is 12.7. The average Bonchev–Trinajstić information content (AvgIpc) is 3.53. The molecule has 1 aromatic carbocycles. The second-order valence-corrected chi connectivity index (χ2v) is 9.92. The molecule has 0 aromatic heterocycles. The summed E-state index contributed by atoms with van der Waals surface area (Å²) in [6.45, 7) is 9.77. The van der Waals surface area contributed by atoms with Crippen LogP contribution in [0.3, 0.4) is 0 Å². The van der Waals surface area contributed by atoms with E-state index in [0.29, 0.717) is 32.4 Å². The molecular weight excluding hydrogens is 460 g/mol. The summed E-state index contributed by atoms with van der Waals surface area (Å²) in [5, 5.41) is 9.99. The molecule has 3 aliphatic heterocycles. The van der Waals surface area contributed by atoms with Gasteiger partial charge in [0.15, 0.2) is 0 Å². The number of amides is 2. The van der Waals surface area contributed by atoms with Gasteiger partial charge in [0, 0.05) is 13.1 Å². The lowest BCUT2D eigenvalue weighted by Crippen LogP contribution is -2.58. The molecule has 194 valence electrons. The van der Waals surface area contributed by atoms with Crippen molar-refractivity contribution in [1.29, 1.82) is 0 Å². The third-order valence-corrected chi connectivity index (χ3v) is 7.66. The number of rotatable bonds is 12. The van der Waals surface area contributed by atoms with Crippen LogP contribution >= 0.6 is 0 Å². The van der Waals surface area contributed by atoms with E-state index in [1.165, 1.54) is 4.90 Å². The fourth-order valence-corrected chi connectivity index (χ4v) is 6.06. The molecule has 1 N–H and O–H groups in total. The van der Waals surface area contributed by atoms with Crippen molar-refractivity contribution >= 4 is 17.8 Å². The maximum Gasteiger partial charge on any atom is 0.312 e. The van der Waals surface area contributed by atoms with Gasteiger partial charge in [0.05, 0.1) is 37.2 Å². The summed E-state index contributed by atoms with van der Waals surface area (Å²) in [6, 6.07) is 8.06. The number of carbonyl (C=O) groups excluding carboxylic acids is 3. The van der Waals surface area contributed by atoms with Crippen LogP contribution in [0.1, 0.15) is 38.2 Å². The molecule has 1 spiro atoms. The van der Waals surface area contributed by atoms with Crippen LogP contribution in [0.5, 0.6) is 0 Å². The third kappa shape index (κ3) is 4.48. The first-order chi connectivity index (χ1) is 17.4. The number of fused-ring (bicyclic) bond motifs is 1. The van der Waals surface area contributed by atoms with Gasteiger partial charge < -0.3 is 24.4 Å². The molecule has 36 heavy (non-hydrogen) atoms. The number of hydrogen-bond donors (Lipinski definition) is 1. The first kappa shape index (κ1) is 26.1. The molecule has 0 aliphatic carbocycles. The van der Waals surface area contributed by atoms with E-state index >= 15 is 0 Å². The number of ether oxygens (including phenoxy) is 2. The molecule has 0 saturated carbocycles. The van der Waals surface area contributed by atoms with Crippen LogP contribution in [0.15, 0.2) is 55.6 Å². The van der Waals surface area contributed by atoms with Gasteiger partial charge in [-0.1, -0.05) is 42.5 Å². The third-order valence-electron chi connectivity index (χ3n) is 7.66. The number of unbranched alkanes of at least 4 members (excludes halogenated alkanes) is 1. The van der Waals surface area contributed by atoms with Crippen molar-refractivity contribution in [3.8, 4) is 0 Å². The van der Waals surface area contributed by atoms with Gasteiger partial charge >= 0.3 is 5.97 Å². The number of allylic oxidation sites excluding steroid dienone is 1. The minimum atomic E-state index is -1.12. The highest BCUT2D eigenvalue weighted by Gasteiger charge is 2.75. The second-order valence-electron chi connectivity index (χ2n) is 9.92. The zero-order valence-corrected chi connectivity index (χ0v) is 20.9. The van der Waals surface area contributed by atoms with E-state index in [-0.39, 0.29) is 25.0 Å². The van der Waals surface area contributed by atoms with E-state index in [4.69, 9.17) is 9.47 Å². The zero-order chi connectivity index (χ0) is 25.9. The highest BCUT2D eigenvalue weighted by Crippen LogP contribution is 2.59. The van der Waals surface area contributed by atoms with E-state index < -0.39 is 41.6 Å². The normalized spacial score (nSPS) is 29.1. The monoisotopic (exact) mass is 496 g/mol. The highest BCUT2D eigenvalue weighted by molar-refractivity contribution is 5.98. The number of benzene rings is 1. The van der Waals surface area contributed by atoms with Gasteiger partial charge in [-0.25, -0.2) is 0 Å². The van der Waals surface area contributed by atoms with Crippen LogP contribution < -0.4 is 0 Å². The highest BCUT2D eigenvalue weighted by atomic mass is 16.6. The molecular formula is C28H36N2O6. The van der Waals surface area contributed by atoms with Crippen LogP contribution in [-0.2, 0) is 30.4 Å². The number of aliphatic hydroxyl groups is 1. The van der Waals surface area contributed by atoms with Gasteiger partial charge in [0.1, 0.15) is 11.6 Å². The summed E-state index contributed by atoms with van der Waals surface area (Å²) in [5.41, 5.74) is -0.172. The second kappa shape index (κ2) is 11.0. The van der Waals surface area contributed by atoms with E-state index in [1.807, 2.05) is 30.3 Å². The Bertz CT molecular complexity index is 997. The summed E-state index contributed by atoms with van der Waals surface area (Å²) in [4.78, 5) is 44.2. The van der Waals surface area contributed by atoms with Gasteiger partial charge in [-0.2, -0.15) is 0 Å². The topological polar surface area (TPSA) is 96.4 Å². The Hall–Kier alpha value is -2.97. The van der Waals surface area contributed by atoms with Crippen LogP contribution in [0, 0.1) is 11.8 Å². The SMILES string of the molecule is C=CCCCOC(=O)[C@@H]1[C@H]2C(=O)N([C@H](C)CO)C(C(=O)N(CC=C)Cc3ccccc3)C23CC[C@H]1O3. The Morgan fingerprint density at radius 3 is 2.72 bits per heavy atom. The van der Waals surface area contributed by atoms with Crippen LogP contribution in [-0.4, -0.2) is 76.2 Å². The molecule has 3 aliphatic rings. The van der Waals surface area contributed by atoms with Crippen molar-refractivity contribution in [3.05, 3.63) is 61.2 Å². The Morgan fingerprint density at radius 2 is 2.06 bits per heavy atom. The van der Waals surface area contributed by atoms with E-state index in [1.54, 1.807) is 24.0 Å². The van der Waals surface area contributed by atoms with Gasteiger partial charge in [0.25, 0.3) is 0 Å². The largest absolute Gasteiger partial charge is 0.465 e. The van der Waals surface area contributed by atoms with Crippen molar-refractivity contribution in [2.24, 2.45) is 11.8 Å². The lowest BCUT2D eigenvalue weighted by atomic mass is 9.70. The van der Waals surface area contributed by atoms with Crippen LogP contribution in [0.2, 0.25) is 0 Å². The summed E-state index contributed by atoms with van der Waals surface area (Å²) < 4.78 is 11.9. The average molecular weight is 497 g/mol. The van der Waals surface area contributed by atoms with Crippen LogP contribution in [0.4, 0.5) is 0 Å². The molecule has 0 radical (unpaired) electrons. The number of aliphatic hydroxyl groups excluding tert-OH is 1. The lowest BCUT2D eigenvalue weighted by molar-refractivity contribution is -0.156. The molecule has 2 bridgehead atoms. The quantitative estimate of drug-likeness (QED) is 0.271. The molecule has 3 fully saturated rings. The fourth-order valence-electron chi connectivity index (χ4n) is 6.06. The van der Waals surface area contributed by atoms with Crippen molar-refractivity contribution in [3.63, 3.8) is 0 Å². The predicted octanol–water partition coefficient (Wildman–Crippen LogP) is 2.47. The number of nitrogens with zero attached hydrogens (tertiary/aromatic N) is 2. The van der Waals surface area contributed by atoms with Crippen molar-refractivity contribution in [2.75, 3.05) is 19.8 Å². The number of likely N-dealkylation sites (tertiary alicyclic amines) is 1. The maximum absolute atomic E-state index is 14.2. The van der Waals surface area contributed by atoms with E-state index in [0.717, 1.165) is 12.0 Å². The summed E-state index contributed by atoms with van der Waals surface area (Å²) >= 11 is 0. The molecule has 3 heterocycles. The van der Waals surface area contributed by atoms with Crippen molar-refractivity contribution in [1.82, 2.24) is 9.80 Å². The number of esters is 1. The van der Waals surface area contributed by atoms with Gasteiger partial charge in [-0.05, 0) is 38.2 Å². The number of carbonyl (C=O) groups is 3. The fraction of sp³-hybridized carbons (Fsp3) is 0.536. The minimum absolute atomic E-state index is 0.241. The molecule has 1 aromatic rings. The summed E-state index contributed by atoms with van der Waals surface area (Å²) in [5.74, 6) is -2.63. The smallest absolute Gasteiger partial charge is 0.312 e. The number of hydrogen-bond acceptors (Lipinski definition) is 6. The molecule has 4 rings (SSSR count). The Labute approximate surface area is 212 Å². The Kier molecular flexibility index (Phi) is 7.95.